The average Bonchev–Trinajstić information content (AvgIpc) is 2.38. The van der Waals surface area contributed by atoms with Crippen LogP contribution in [-0.4, -0.2) is 30.4 Å². The Morgan fingerprint density at radius 1 is 1.70 bits per heavy atom. The number of ether oxygens (including phenoxy) is 1. The maximum Gasteiger partial charge on any atom is 0.305 e. The molecule has 1 atom stereocenters. The van der Waals surface area contributed by atoms with Crippen LogP contribution in [0.4, 0.5) is 0 Å². The highest BCUT2D eigenvalue weighted by molar-refractivity contribution is 5.51. The molecule has 1 aliphatic rings. The van der Waals surface area contributed by atoms with E-state index >= 15 is 0 Å². The van der Waals surface area contributed by atoms with Gasteiger partial charge in [0.2, 0.25) is 0 Å². The molecule has 0 N–H and O–H groups in total. The molecule has 0 saturated carbocycles. The summed E-state index contributed by atoms with van der Waals surface area (Å²) in [4.78, 5) is 20.5. The van der Waals surface area contributed by atoms with Gasteiger partial charge >= 0.3 is 6.23 Å². The van der Waals surface area contributed by atoms with E-state index in [2.05, 4.69) is 0 Å². The minimum absolute atomic E-state index is 0.204. The molecular weight excluding hydrogens is 134 g/mol. The van der Waals surface area contributed by atoms with Gasteiger partial charge in [-0.15, -0.1) is 0 Å². The molecule has 55 valence electrons. The Morgan fingerprint density at radius 2 is 2.50 bits per heavy atom. The molecular formula is C6H9NO3+. The third kappa shape index (κ3) is 1.60. The van der Waals surface area contributed by atoms with Gasteiger partial charge in [0.1, 0.15) is 0 Å². The van der Waals surface area contributed by atoms with Crippen LogP contribution in [0.5, 0.6) is 0 Å². The highest BCUT2D eigenvalue weighted by Gasteiger charge is 2.29. The van der Waals surface area contributed by atoms with Crippen LogP contribution in [0.1, 0.15) is 12.8 Å². The maximum atomic E-state index is 10.8. The second-order valence-corrected chi connectivity index (χ2v) is 2.19. The quantitative estimate of drug-likeness (QED) is 0.523. The fourth-order valence-electron chi connectivity index (χ4n) is 0.953. The van der Waals surface area contributed by atoms with Crippen molar-refractivity contribution < 1.29 is 14.3 Å². The van der Waals surface area contributed by atoms with Gasteiger partial charge in [-0.05, 0) is 6.42 Å². The molecule has 1 radical (unpaired) electrons. The molecule has 0 aromatic carbocycles. The zero-order chi connectivity index (χ0) is 7.40. The number of nitroso groups, excluding NO2 is 1. The summed E-state index contributed by atoms with van der Waals surface area (Å²) in [5, 5.41) is 0. The molecule has 1 fully saturated rings. The van der Waals surface area contributed by atoms with Gasteiger partial charge in [0.25, 0.3) is 12.8 Å². The molecule has 0 aromatic rings. The molecule has 0 aliphatic carbocycles. The van der Waals surface area contributed by atoms with Crippen molar-refractivity contribution >= 4 is 6.29 Å². The van der Waals surface area contributed by atoms with E-state index < -0.39 is 6.23 Å². The summed E-state index contributed by atoms with van der Waals surface area (Å²) in [5.74, 6) is 0. The van der Waals surface area contributed by atoms with Gasteiger partial charge in [-0.1, -0.05) is 0 Å². The van der Waals surface area contributed by atoms with E-state index in [-0.39, 0.29) is 6.54 Å². The smallest absolute Gasteiger partial charge is 0.305 e. The van der Waals surface area contributed by atoms with E-state index in [4.69, 9.17) is 4.74 Å². The SMILES string of the molecule is O=[C]C[N+](=O)C1CCCO1. The van der Waals surface area contributed by atoms with Crippen LogP contribution in [0.25, 0.3) is 0 Å². The molecule has 1 saturated heterocycles. The summed E-state index contributed by atoms with van der Waals surface area (Å²) in [6.07, 6.45) is 2.76. The molecule has 0 amide bonds. The Hall–Kier alpha value is -0.770. The van der Waals surface area contributed by atoms with Gasteiger partial charge in [-0.3, -0.25) is 4.79 Å². The minimum Gasteiger partial charge on any atom is -0.318 e. The standard InChI is InChI=1S/C6H9NO3/c8-4-3-7(9)6-2-1-5-10-6/h6H,1-3,5H2/q+1. The second-order valence-electron chi connectivity index (χ2n) is 2.19. The molecule has 1 heterocycles. The van der Waals surface area contributed by atoms with Crippen LogP contribution in [0, 0.1) is 4.91 Å². The molecule has 0 aromatic heterocycles. The number of hydrogen-bond donors (Lipinski definition) is 0. The predicted octanol–water partition coefficient (Wildman–Crippen LogP) is 0.0115. The number of hydrogen-bond acceptors (Lipinski definition) is 3. The van der Waals surface area contributed by atoms with Crippen LogP contribution in [-0.2, 0) is 9.53 Å². The van der Waals surface area contributed by atoms with Gasteiger partial charge < -0.3 is 4.74 Å². The lowest BCUT2D eigenvalue weighted by Gasteiger charge is -1.95. The van der Waals surface area contributed by atoms with E-state index in [0.29, 0.717) is 11.4 Å². The van der Waals surface area contributed by atoms with Crippen molar-refractivity contribution in [3.05, 3.63) is 4.91 Å². The van der Waals surface area contributed by atoms with Crippen molar-refractivity contribution in [1.29, 1.82) is 0 Å². The molecule has 1 unspecified atom stereocenters. The van der Waals surface area contributed by atoms with Crippen molar-refractivity contribution in [1.82, 2.24) is 0 Å². The highest BCUT2D eigenvalue weighted by Crippen LogP contribution is 2.11. The Morgan fingerprint density at radius 3 is 3.00 bits per heavy atom. The summed E-state index contributed by atoms with van der Waals surface area (Å²) < 4.78 is 5.63. The monoisotopic (exact) mass is 143 g/mol. The van der Waals surface area contributed by atoms with E-state index in [1.54, 1.807) is 0 Å². The predicted molar refractivity (Wildman–Crippen MR) is 33.2 cm³/mol. The summed E-state index contributed by atoms with van der Waals surface area (Å²) in [7, 11) is 0. The topological polar surface area (TPSA) is 46.4 Å². The summed E-state index contributed by atoms with van der Waals surface area (Å²) in [6, 6.07) is 0. The van der Waals surface area contributed by atoms with Crippen LogP contribution in [0.3, 0.4) is 0 Å². The average molecular weight is 143 g/mol. The number of nitrogens with zero attached hydrogens (tertiary/aromatic N) is 1. The molecule has 4 heteroatoms. The van der Waals surface area contributed by atoms with E-state index in [1.807, 2.05) is 0 Å². The molecule has 4 nitrogen and oxygen atoms in total. The van der Waals surface area contributed by atoms with Crippen LogP contribution < -0.4 is 0 Å². The van der Waals surface area contributed by atoms with Crippen molar-refractivity contribution in [3.8, 4) is 0 Å². The Balaban J connectivity index is 2.32. The first-order valence-corrected chi connectivity index (χ1v) is 3.25. The third-order valence-electron chi connectivity index (χ3n) is 1.45. The number of carbonyl (C=O) groups excluding carboxylic acids is 1. The summed E-state index contributed by atoms with van der Waals surface area (Å²) >= 11 is 0. The van der Waals surface area contributed by atoms with Crippen LogP contribution >= 0.6 is 0 Å². The normalized spacial score (nSPS) is 24.6. The zero-order valence-corrected chi connectivity index (χ0v) is 5.58. The lowest BCUT2D eigenvalue weighted by molar-refractivity contribution is -0.613. The number of rotatable bonds is 3. The van der Waals surface area contributed by atoms with Gasteiger partial charge in [0.15, 0.2) is 0 Å². The Labute approximate surface area is 58.7 Å². The Kier molecular flexibility index (Phi) is 2.50. The molecule has 0 bridgehead atoms. The largest absolute Gasteiger partial charge is 0.318 e. The van der Waals surface area contributed by atoms with Crippen molar-refractivity contribution in [2.75, 3.05) is 13.2 Å². The lowest BCUT2D eigenvalue weighted by Crippen LogP contribution is -2.24. The van der Waals surface area contributed by atoms with Crippen LogP contribution in [0.2, 0.25) is 0 Å². The lowest BCUT2D eigenvalue weighted by atomic mass is 10.3. The maximum absolute atomic E-state index is 10.8. The summed E-state index contributed by atoms with van der Waals surface area (Å²) in [6.45, 7) is 0.424. The minimum atomic E-state index is -0.401. The van der Waals surface area contributed by atoms with E-state index in [0.717, 1.165) is 12.8 Å². The fourth-order valence-corrected chi connectivity index (χ4v) is 0.953. The molecule has 0 spiro atoms. The molecule has 1 aliphatic heterocycles. The first-order chi connectivity index (χ1) is 4.84. The van der Waals surface area contributed by atoms with E-state index in [1.165, 1.54) is 6.29 Å². The first kappa shape index (κ1) is 7.34. The Bertz CT molecular complexity index is 140. The fraction of sp³-hybridized carbons (Fsp3) is 0.833. The van der Waals surface area contributed by atoms with Crippen molar-refractivity contribution in [3.63, 3.8) is 0 Å². The van der Waals surface area contributed by atoms with Gasteiger partial charge in [-0.25, -0.2) is 0 Å². The summed E-state index contributed by atoms with van der Waals surface area (Å²) in [5.41, 5.74) is 0. The van der Waals surface area contributed by atoms with Crippen LogP contribution in [0.15, 0.2) is 0 Å². The van der Waals surface area contributed by atoms with Gasteiger partial charge in [-0.2, -0.15) is 0 Å². The van der Waals surface area contributed by atoms with Crippen molar-refractivity contribution in [2.24, 2.45) is 0 Å². The van der Waals surface area contributed by atoms with Gasteiger partial charge in [0.05, 0.1) is 6.61 Å². The molecule has 10 heavy (non-hydrogen) atoms. The van der Waals surface area contributed by atoms with Crippen molar-refractivity contribution in [2.45, 2.75) is 19.1 Å². The van der Waals surface area contributed by atoms with E-state index in [9.17, 15) is 9.70 Å². The molecule has 1 rings (SSSR count). The second kappa shape index (κ2) is 3.41. The highest BCUT2D eigenvalue weighted by atomic mass is 16.5. The third-order valence-corrected chi connectivity index (χ3v) is 1.45. The van der Waals surface area contributed by atoms with Gasteiger partial charge in [0, 0.05) is 16.1 Å². The zero-order valence-electron chi connectivity index (χ0n) is 5.58. The first-order valence-electron chi connectivity index (χ1n) is 3.25.